The van der Waals surface area contributed by atoms with E-state index in [1.165, 1.54) is 138 Å². The number of methoxy groups -OCH3 is 7. The van der Waals surface area contributed by atoms with Gasteiger partial charge in [0.15, 0.2) is 5.78 Å². The molecule has 0 saturated heterocycles. The van der Waals surface area contributed by atoms with Crippen molar-refractivity contribution in [2.24, 2.45) is 0 Å². The molecule has 0 heterocycles. The lowest BCUT2D eigenvalue weighted by Gasteiger charge is -2.34. The minimum atomic E-state index is -3.48. The van der Waals surface area contributed by atoms with Crippen LogP contribution in [0.3, 0.4) is 0 Å². The summed E-state index contributed by atoms with van der Waals surface area (Å²) in [5.41, 5.74) is 30.4. The molecule has 1 aliphatic carbocycles. The maximum atomic E-state index is 12.6. The molecule has 0 spiro atoms. The third-order valence-electron chi connectivity index (χ3n) is 22.9. The molecule has 0 atom stereocenters. The minimum absolute atomic E-state index is 0. The van der Waals surface area contributed by atoms with Gasteiger partial charge in [0, 0.05) is 11.1 Å². The van der Waals surface area contributed by atoms with Crippen molar-refractivity contribution in [3.63, 3.8) is 0 Å². The van der Waals surface area contributed by atoms with Gasteiger partial charge in [-0.3, -0.25) is 4.79 Å². The maximum absolute atomic E-state index is 12.6. The predicted octanol–water partition coefficient (Wildman–Crippen LogP) is 29.8. The van der Waals surface area contributed by atoms with Crippen LogP contribution in [0, 0.1) is 125 Å². The number of aryl methyl sites for hydroxylation is 18. The topological polar surface area (TPSA) is 116 Å². The zero-order chi connectivity index (χ0) is 88.6. The first-order chi connectivity index (χ1) is 58.2. The van der Waals surface area contributed by atoms with Crippen LogP contribution in [0.25, 0.3) is 43.4 Å². The second-order valence-corrected chi connectivity index (χ2v) is 34.0. The van der Waals surface area contributed by atoms with Gasteiger partial charge in [-0.05, 0) is 366 Å². The fraction of sp³-hybridized carbons (Fsp3) is 0.261. The summed E-state index contributed by atoms with van der Waals surface area (Å²) in [6, 6.07) is 89.0. The maximum Gasteiger partial charge on any atom is 0.206 e. The highest BCUT2D eigenvalue weighted by atomic mass is 32.2. The molecule has 660 valence electrons. The van der Waals surface area contributed by atoms with Crippen LogP contribution in [0.5, 0.6) is 40.2 Å². The summed E-state index contributed by atoms with van der Waals surface area (Å²) >= 11 is 0. The smallest absolute Gasteiger partial charge is 0.206 e. The molecule has 0 aliphatic heterocycles. The average Bonchev–Trinajstić information content (AvgIpc) is 1.53. The number of hydrogen-bond donors (Lipinski definition) is 0. The van der Waals surface area contributed by atoms with E-state index in [2.05, 4.69) is 246 Å². The molecule has 0 fully saturated rings. The van der Waals surface area contributed by atoms with Crippen LogP contribution in [0.2, 0.25) is 0 Å². The molecule has 11 heteroatoms. The van der Waals surface area contributed by atoms with Gasteiger partial charge in [-0.2, -0.15) is 0 Å². The van der Waals surface area contributed by atoms with Crippen molar-refractivity contribution in [3.8, 4) is 51.4 Å². The van der Waals surface area contributed by atoms with Gasteiger partial charge in [0.2, 0.25) is 9.84 Å². The molecule has 16 rings (SSSR count). The summed E-state index contributed by atoms with van der Waals surface area (Å²) in [5.74, 6) is 6.23. The third kappa shape index (κ3) is 23.8. The van der Waals surface area contributed by atoms with Crippen LogP contribution in [-0.2, 0) is 15.3 Å². The Kier molecular flexibility index (Phi) is 36.7. The Morgan fingerprint density at radius 1 is 0.238 bits per heavy atom. The first kappa shape index (κ1) is 102. The Morgan fingerprint density at radius 3 is 1.06 bits per heavy atom. The van der Waals surface area contributed by atoms with Gasteiger partial charge in [-0.1, -0.05) is 215 Å². The molecule has 0 amide bonds. The van der Waals surface area contributed by atoms with Crippen LogP contribution in [0.1, 0.15) is 168 Å². The molecule has 0 bridgehead atoms. The third-order valence-corrected chi connectivity index (χ3v) is 24.6. The lowest BCUT2D eigenvalue weighted by atomic mass is 9.67. The van der Waals surface area contributed by atoms with Gasteiger partial charge in [0.25, 0.3) is 0 Å². The molecule has 0 unspecified atom stereocenters. The Morgan fingerprint density at radius 2 is 0.571 bits per heavy atom. The minimum Gasteiger partial charge on any atom is -0.497 e. The highest BCUT2D eigenvalue weighted by molar-refractivity contribution is 7.91. The van der Waals surface area contributed by atoms with E-state index in [9.17, 15) is 13.2 Å². The van der Waals surface area contributed by atoms with Crippen molar-refractivity contribution in [3.05, 3.63) is 394 Å². The Hall–Kier alpha value is -12.7. The van der Waals surface area contributed by atoms with Crippen molar-refractivity contribution in [1.29, 1.82) is 0 Å². The highest BCUT2D eigenvalue weighted by Crippen LogP contribution is 2.57. The van der Waals surface area contributed by atoms with E-state index in [-0.39, 0.29) is 40.9 Å². The van der Waals surface area contributed by atoms with Crippen molar-refractivity contribution < 1.29 is 46.4 Å². The van der Waals surface area contributed by atoms with Crippen molar-refractivity contribution >= 4 is 47.9 Å². The fourth-order valence-electron chi connectivity index (χ4n) is 15.6. The number of benzene rings is 15. The lowest BCUT2D eigenvalue weighted by Crippen LogP contribution is -2.28. The summed E-state index contributed by atoms with van der Waals surface area (Å²) in [6.45, 7) is 37.1. The van der Waals surface area contributed by atoms with E-state index in [1.54, 1.807) is 80.1 Å². The number of rotatable bonds is 13. The standard InChI is InChI=1S/C29H26O.C17H18O2.C16H18O3S.C14H16O.2C13H14O.C9H12O.4CH4/c1-19-5-9-22(10-6-19)29(23-11-13-24(30-4)14-12-23)27-17-20(2)7-15-25(27)26-16-8-21(3)18-28(26)29;1-11-5-6-14(9-12(11)2)17(18)15-7-8-16(19-4)13(3)10-15;1-11-5-6-14(9-12(11)2)20(17,18)15-7-8-16(19-4)13(3)10-15;1-9-5-12-7-11(3)14(15-4)8-13(12)6-10(9)2;1-9-6-10(2)13-8-12(14-3)5-4-11(13)7-9;1-9-4-5-11-7-10(2)13(14-3)8-12(11)6-9;1-7-4-5-9(10-3)8(2)6-7;;;;/h5-18H,1-4H3;5-10H,1-4H3;5-10H,1-4H3;5-8H,1-4H3;2*4-8H,1-3H3;4-6H,1-3H3;4*1H4. The van der Waals surface area contributed by atoms with Gasteiger partial charge >= 0.3 is 0 Å². The second kappa shape index (κ2) is 45.3. The quantitative estimate of drug-likeness (QED) is 0.103. The van der Waals surface area contributed by atoms with E-state index < -0.39 is 9.84 Å². The highest BCUT2D eigenvalue weighted by Gasteiger charge is 2.46. The summed E-state index contributed by atoms with van der Waals surface area (Å²) in [7, 11) is 8.26. The summed E-state index contributed by atoms with van der Waals surface area (Å²) in [5, 5.41) is 7.61. The van der Waals surface area contributed by atoms with E-state index in [4.69, 9.17) is 33.2 Å². The molecule has 0 saturated carbocycles. The summed E-state index contributed by atoms with van der Waals surface area (Å²) in [4.78, 5) is 13.0. The van der Waals surface area contributed by atoms with Crippen LogP contribution in [-0.4, -0.2) is 64.0 Å². The Labute approximate surface area is 754 Å². The van der Waals surface area contributed by atoms with Crippen molar-refractivity contribution in [2.45, 2.75) is 170 Å². The first-order valence-corrected chi connectivity index (χ1v) is 42.6. The Bertz CT molecular complexity index is 6340. The van der Waals surface area contributed by atoms with Gasteiger partial charge in [0.1, 0.15) is 40.2 Å². The summed E-state index contributed by atoms with van der Waals surface area (Å²) < 4.78 is 62.0. The van der Waals surface area contributed by atoms with Gasteiger partial charge in [-0.25, -0.2) is 8.42 Å². The van der Waals surface area contributed by atoms with Gasteiger partial charge in [-0.15, -0.1) is 0 Å². The number of hydrogen-bond acceptors (Lipinski definition) is 10. The predicted molar refractivity (Wildman–Crippen MR) is 535 cm³/mol. The van der Waals surface area contributed by atoms with Crippen LogP contribution in [0.15, 0.2) is 271 Å². The molecule has 15 aromatic rings. The van der Waals surface area contributed by atoms with Gasteiger partial charge < -0.3 is 33.2 Å². The normalized spacial score (nSPS) is 11.0. The molecule has 15 aromatic carbocycles. The van der Waals surface area contributed by atoms with E-state index >= 15 is 0 Å². The van der Waals surface area contributed by atoms with Gasteiger partial charge in [0.05, 0.1) is 65.0 Å². The van der Waals surface area contributed by atoms with Crippen LogP contribution < -0.4 is 33.2 Å². The molecule has 10 nitrogen and oxygen atoms in total. The second-order valence-electron chi connectivity index (χ2n) is 32.1. The van der Waals surface area contributed by atoms with Crippen LogP contribution in [0.4, 0.5) is 0 Å². The number of sulfone groups is 1. The number of ketones is 1. The SMILES string of the molecule is C.C.C.C.COc1cc2cc(C)c(C)cc2cc1C.COc1cc2cc(C)ccc2cc1C.COc1ccc(C(=O)c2ccc(C)c(C)c2)cc1C.COc1ccc(C)cc1C.COc1ccc(C2(c3ccc(C)cc3)c3cc(C)ccc3-c3ccc(C)cc32)cc1.COc1ccc(S(=O)(=O)c2ccc(C)c(C)c2)cc1C.COc1ccc2cc(C)cc(C)c2c1. The average molecular weight is 1710 g/mol. The monoisotopic (exact) mass is 1710 g/mol. The number of carbonyl (C=O) groups is 1. The molecule has 0 N–H and O–H groups in total. The molecular weight excluding hydrogens is 1570 g/mol. The van der Waals surface area contributed by atoms with Crippen LogP contribution >= 0.6 is 0 Å². The van der Waals surface area contributed by atoms with E-state index in [0.29, 0.717) is 21.1 Å². The number of ether oxygens (including phenoxy) is 7. The van der Waals surface area contributed by atoms with E-state index in [0.717, 1.165) is 67.9 Å². The number of fused-ring (bicyclic) bond motifs is 6. The molecule has 0 radical (unpaired) electrons. The zero-order valence-corrected chi connectivity index (χ0v) is 76.6. The largest absolute Gasteiger partial charge is 0.497 e. The first-order valence-electron chi connectivity index (χ1n) is 41.1. The molecule has 126 heavy (non-hydrogen) atoms. The molecular formula is C115H134O10S. The lowest BCUT2D eigenvalue weighted by molar-refractivity contribution is 0.103. The Balaban J connectivity index is 0.000000232. The van der Waals surface area contributed by atoms with E-state index in [1.807, 2.05) is 109 Å². The zero-order valence-electron chi connectivity index (χ0n) is 75.8. The van der Waals surface area contributed by atoms with Crippen molar-refractivity contribution in [2.75, 3.05) is 49.8 Å². The summed E-state index contributed by atoms with van der Waals surface area (Å²) in [6.07, 6.45) is 0. The molecule has 1 aliphatic rings. The molecule has 0 aromatic heterocycles. The number of carbonyl (C=O) groups excluding carboxylic acids is 1. The van der Waals surface area contributed by atoms with Crippen molar-refractivity contribution in [1.82, 2.24) is 0 Å². The fourth-order valence-corrected chi connectivity index (χ4v) is 17.0.